The lowest BCUT2D eigenvalue weighted by Crippen LogP contribution is -2.49. The molecule has 0 radical (unpaired) electrons. The van der Waals surface area contributed by atoms with Crippen LogP contribution >= 0.6 is 0 Å². The van der Waals surface area contributed by atoms with Crippen LogP contribution < -0.4 is 5.73 Å². The van der Waals surface area contributed by atoms with E-state index in [1.54, 1.807) is 30.3 Å². The largest absolute Gasteiger partial charge is 0.490 e. The van der Waals surface area contributed by atoms with Crippen molar-refractivity contribution in [1.82, 2.24) is 4.90 Å². The van der Waals surface area contributed by atoms with Gasteiger partial charge in [0.1, 0.15) is 18.4 Å². The Hall–Kier alpha value is -4.33. The molecule has 1 aliphatic rings. The van der Waals surface area contributed by atoms with Crippen molar-refractivity contribution in [2.75, 3.05) is 6.54 Å². The van der Waals surface area contributed by atoms with Crippen LogP contribution in [0.25, 0.3) is 0 Å². The minimum atomic E-state index is -5.08. The summed E-state index contributed by atoms with van der Waals surface area (Å²) < 4.78 is 31.7. The molecule has 0 spiro atoms. The molecule has 2 aromatic carbocycles. The number of halogens is 3. The predicted octanol–water partition coefficient (Wildman–Crippen LogP) is 2.28. The van der Waals surface area contributed by atoms with E-state index in [2.05, 4.69) is 5.92 Å². The van der Waals surface area contributed by atoms with Crippen LogP contribution in [0.2, 0.25) is 0 Å². The molecule has 5 N–H and O–H groups in total. The molecule has 0 saturated carbocycles. The van der Waals surface area contributed by atoms with Gasteiger partial charge in [0.2, 0.25) is 0 Å². The highest BCUT2D eigenvalue weighted by Crippen LogP contribution is 2.38. The lowest BCUT2D eigenvalue weighted by atomic mass is 9.78. The smallest absolute Gasteiger partial charge is 0.480 e. The van der Waals surface area contributed by atoms with Gasteiger partial charge < -0.3 is 20.8 Å². The molecule has 2 aromatic rings. The maximum Gasteiger partial charge on any atom is 0.490 e. The van der Waals surface area contributed by atoms with Gasteiger partial charge in [0.15, 0.2) is 0 Å². The second kappa shape index (κ2) is 9.86. The van der Waals surface area contributed by atoms with Gasteiger partial charge in [0.25, 0.3) is 5.91 Å². The first-order chi connectivity index (χ1) is 15.4. The minimum Gasteiger partial charge on any atom is -0.480 e. The van der Waals surface area contributed by atoms with Crippen molar-refractivity contribution in [2.45, 2.75) is 18.1 Å². The van der Waals surface area contributed by atoms with E-state index < -0.39 is 42.5 Å². The van der Waals surface area contributed by atoms with E-state index in [9.17, 15) is 27.9 Å². The van der Waals surface area contributed by atoms with Gasteiger partial charge in [-0.2, -0.15) is 13.2 Å². The van der Waals surface area contributed by atoms with Crippen LogP contribution in [0.4, 0.5) is 13.2 Å². The number of hydrogen-bond acceptors (Lipinski definition) is 4. The molecular weight excluding hydrogens is 443 g/mol. The minimum absolute atomic E-state index is 0.0772. The van der Waals surface area contributed by atoms with Gasteiger partial charge in [0, 0.05) is 17.0 Å². The van der Waals surface area contributed by atoms with Gasteiger partial charge >= 0.3 is 18.1 Å². The molecule has 172 valence electrons. The summed E-state index contributed by atoms with van der Waals surface area (Å²) in [6.45, 7) is -0.481. The fraction of sp³-hybridized carbons (Fsp3) is 0.182. The highest BCUT2D eigenvalue weighted by molar-refractivity contribution is 6.00. The molecule has 8 nitrogen and oxygen atoms in total. The molecule has 0 saturated heterocycles. The first-order valence-electron chi connectivity index (χ1n) is 9.20. The Labute approximate surface area is 185 Å². The van der Waals surface area contributed by atoms with Crippen molar-refractivity contribution < 1.29 is 37.8 Å². The number of carbonyl (C=O) groups excluding carboxylic acids is 1. The third-order valence-corrected chi connectivity index (χ3v) is 4.71. The molecular formula is C22H18F3N3O5. The number of carbonyl (C=O) groups is 3. The topological polar surface area (TPSA) is 145 Å². The first-order valence-corrected chi connectivity index (χ1v) is 9.20. The van der Waals surface area contributed by atoms with Gasteiger partial charge in [-0.15, -0.1) is 6.42 Å². The van der Waals surface area contributed by atoms with Crippen molar-refractivity contribution in [3.63, 3.8) is 0 Å². The summed E-state index contributed by atoms with van der Waals surface area (Å²) in [4.78, 5) is 34.2. The lowest BCUT2D eigenvalue weighted by molar-refractivity contribution is -0.192. The summed E-state index contributed by atoms with van der Waals surface area (Å²) in [6, 6.07) is 13.4. The Morgan fingerprint density at radius 2 is 1.76 bits per heavy atom. The van der Waals surface area contributed by atoms with Crippen molar-refractivity contribution in [2.24, 2.45) is 5.73 Å². The van der Waals surface area contributed by atoms with Gasteiger partial charge in [-0.05, 0) is 23.3 Å². The summed E-state index contributed by atoms with van der Waals surface area (Å²) >= 11 is 0. The van der Waals surface area contributed by atoms with Crippen molar-refractivity contribution in [1.29, 1.82) is 5.41 Å². The van der Waals surface area contributed by atoms with Gasteiger partial charge in [0.05, 0.1) is 0 Å². The standard InChI is InChI=1S/C20H17N3O3.C2HF3O2/c1-2-16-18(12-6-5-7-13(10-12)19(21)22)14-8-3-4-9-15(14)20(26)23(16)11-17(24)25;3-2(4,5)1(6)7/h1,3-10,16,18H,11H2,(H3,21,22)(H,24,25);(H,6,7). The number of aliphatic carboxylic acids is 2. The third kappa shape index (κ3) is 5.68. The molecule has 0 bridgehead atoms. The number of nitrogen functional groups attached to an aromatic ring is 1. The van der Waals surface area contributed by atoms with Crippen molar-refractivity contribution in [3.8, 4) is 12.3 Å². The van der Waals surface area contributed by atoms with Gasteiger partial charge in [-0.3, -0.25) is 15.0 Å². The zero-order chi connectivity index (χ0) is 24.9. The number of fused-ring (bicyclic) bond motifs is 1. The molecule has 1 amide bonds. The number of terminal acetylenes is 1. The second-order valence-corrected chi connectivity index (χ2v) is 6.85. The van der Waals surface area contributed by atoms with Gasteiger partial charge in [-0.25, -0.2) is 4.79 Å². The molecule has 3 rings (SSSR count). The van der Waals surface area contributed by atoms with E-state index in [-0.39, 0.29) is 5.84 Å². The van der Waals surface area contributed by atoms with Crippen LogP contribution in [-0.4, -0.2) is 57.6 Å². The molecule has 0 fully saturated rings. The number of hydrogen-bond donors (Lipinski definition) is 4. The summed E-state index contributed by atoms with van der Waals surface area (Å²) in [5.74, 6) is -2.19. The molecule has 33 heavy (non-hydrogen) atoms. The summed E-state index contributed by atoms with van der Waals surface area (Å²) in [7, 11) is 0. The highest BCUT2D eigenvalue weighted by atomic mass is 19.4. The van der Waals surface area contributed by atoms with Crippen molar-refractivity contribution in [3.05, 3.63) is 70.8 Å². The van der Waals surface area contributed by atoms with Crippen LogP contribution in [0.1, 0.15) is 33.0 Å². The second-order valence-electron chi connectivity index (χ2n) is 6.85. The quantitative estimate of drug-likeness (QED) is 0.312. The van der Waals surface area contributed by atoms with E-state index in [1.807, 2.05) is 18.2 Å². The summed E-state index contributed by atoms with van der Waals surface area (Å²) in [5, 5.41) is 24.0. The summed E-state index contributed by atoms with van der Waals surface area (Å²) in [5.41, 5.74) is 8.07. The molecule has 1 heterocycles. The van der Waals surface area contributed by atoms with E-state index >= 15 is 0 Å². The van der Waals surface area contributed by atoms with E-state index in [0.717, 1.165) is 11.1 Å². The summed E-state index contributed by atoms with van der Waals surface area (Å²) in [6.07, 6.45) is 0.627. The Balaban J connectivity index is 0.000000479. The zero-order valence-corrected chi connectivity index (χ0v) is 16.8. The Bertz CT molecular complexity index is 1140. The van der Waals surface area contributed by atoms with E-state index in [0.29, 0.717) is 11.1 Å². The maximum absolute atomic E-state index is 12.8. The normalized spacial score (nSPS) is 17.2. The third-order valence-electron chi connectivity index (χ3n) is 4.71. The van der Waals surface area contributed by atoms with Crippen LogP contribution in [-0.2, 0) is 9.59 Å². The van der Waals surface area contributed by atoms with Crippen LogP contribution in [0, 0.1) is 17.8 Å². The predicted molar refractivity (Wildman–Crippen MR) is 111 cm³/mol. The monoisotopic (exact) mass is 461 g/mol. The number of nitrogens with one attached hydrogen (secondary N) is 1. The number of rotatable bonds is 4. The van der Waals surface area contributed by atoms with E-state index in [1.165, 1.54) is 4.90 Å². The van der Waals surface area contributed by atoms with E-state index in [4.69, 9.17) is 27.5 Å². The fourth-order valence-corrected chi connectivity index (χ4v) is 3.36. The Morgan fingerprint density at radius 3 is 2.27 bits per heavy atom. The SMILES string of the molecule is C#CC1C(c2cccc(C(=N)N)c2)c2ccccc2C(=O)N1CC(=O)O.O=C(O)C(F)(F)F. The number of amides is 1. The Kier molecular flexibility index (Phi) is 7.45. The average molecular weight is 461 g/mol. The van der Waals surface area contributed by atoms with Crippen LogP contribution in [0.3, 0.4) is 0 Å². The molecule has 0 aliphatic carbocycles. The average Bonchev–Trinajstić information content (AvgIpc) is 2.75. The lowest BCUT2D eigenvalue weighted by Gasteiger charge is -2.39. The number of benzene rings is 2. The highest BCUT2D eigenvalue weighted by Gasteiger charge is 2.40. The Morgan fingerprint density at radius 1 is 1.15 bits per heavy atom. The molecule has 0 aromatic heterocycles. The number of nitrogens with zero attached hydrogens (tertiary/aromatic N) is 1. The number of amidine groups is 1. The number of nitrogens with two attached hydrogens (primary N) is 1. The van der Waals surface area contributed by atoms with Crippen LogP contribution in [0.5, 0.6) is 0 Å². The van der Waals surface area contributed by atoms with Crippen molar-refractivity contribution >= 4 is 23.7 Å². The number of carboxylic acid groups (broad SMARTS) is 2. The fourth-order valence-electron chi connectivity index (χ4n) is 3.36. The maximum atomic E-state index is 12.8. The first kappa shape index (κ1) is 24.9. The number of alkyl halides is 3. The number of carboxylic acids is 2. The molecule has 2 unspecified atom stereocenters. The molecule has 2 atom stereocenters. The molecule has 11 heteroatoms. The zero-order valence-electron chi connectivity index (χ0n) is 16.8. The van der Waals surface area contributed by atoms with Crippen LogP contribution in [0.15, 0.2) is 48.5 Å². The van der Waals surface area contributed by atoms with Gasteiger partial charge in [-0.1, -0.05) is 42.3 Å². The molecule has 1 aliphatic heterocycles.